The van der Waals surface area contributed by atoms with Gasteiger partial charge in [-0.05, 0) is 35.1 Å². The maximum Gasteiger partial charge on any atom is 0.193 e. The van der Waals surface area contributed by atoms with Crippen molar-refractivity contribution in [2.45, 2.75) is 59.1 Å². The van der Waals surface area contributed by atoms with E-state index in [4.69, 9.17) is 4.74 Å². The van der Waals surface area contributed by atoms with Crippen molar-refractivity contribution in [1.29, 1.82) is 0 Å². The normalized spacial score (nSPS) is 14.4. The minimum absolute atomic E-state index is 0.160. The van der Waals surface area contributed by atoms with Crippen molar-refractivity contribution < 1.29 is 4.74 Å². The standard InChI is InChI=1S/C24H31N3O/c1-4-6-16-24(3,5-2)17-23(27-19-25-18-26-27)28-22-14-12-21(13-15-22)20-10-8-7-9-11-20/h7-15,18-19,23H,4-6,16-17H2,1-3H3. The van der Waals surface area contributed by atoms with E-state index in [2.05, 4.69) is 67.3 Å². The molecule has 0 aliphatic heterocycles. The van der Waals surface area contributed by atoms with Crippen molar-refractivity contribution in [3.8, 4) is 16.9 Å². The lowest BCUT2D eigenvalue weighted by Crippen LogP contribution is -2.26. The molecular weight excluding hydrogens is 346 g/mol. The van der Waals surface area contributed by atoms with Crippen molar-refractivity contribution in [2.24, 2.45) is 5.41 Å². The molecule has 3 aromatic rings. The molecule has 0 saturated carbocycles. The van der Waals surface area contributed by atoms with Gasteiger partial charge in [0.15, 0.2) is 6.23 Å². The van der Waals surface area contributed by atoms with Crippen LogP contribution < -0.4 is 4.74 Å². The number of rotatable bonds is 10. The Bertz CT molecular complexity index is 815. The molecular formula is C24H31N3O. The SMILES string of the molecule is CCCCC(C)(CC)CC(Oc1ccc(-c2ccccc2)cc1)n1cncn1. The summed E-state index contributed by atoms with van der Waals surface area (Å²) in [6, 6.07) is 18.7. The summed E-state index contributed by atoms with van der Waals surface area (Å²) in [7, 11) is 0. The number of unbranched alkanes of at least 4 members (excludes halogenated alkanes) is 1. The Hall–Kier alpha value is -2.62. The molecule has 3 rings (SSSR count). The van der Waals surface area contributed by atoms with Crippen molar-refractivity contribution in [1.82, 2.24) is 14.8 Å². The summed E-state index contributed by atoms with van der Waals surface area (Å²) in [5.74, 6) is 0.856. The second-order valence-electron chi connectivity index (χ2n) is 7.81. The molecule has 0 bridgehead atoms. The number of hydrogen-bond acceptors (Lipinski definition) is 3. The fourth-order valence-electron chi connectivity index (χ4n) is 3.52. The first-order valence-electron chi connectivity index (χ1n) is 10.3. The van der Waals surface area contributed by atoms with Crippen molar-refractivity contribution in [3.63, 3.8) is 0 Å². The Morgan fingerprint density at radius 3 is 2.32 bits per heavy atom. The molecule has 148 valence electrons. The number of nitrogens with zero attached hydrogens (tertiary/aromatic N) is 3. The maximum atomic E-state index is 6.39. The van der Waals surface area contributed by atoms with E-state index in [-0.39, 0.29) is 11.6 Å². The number of aromatic nitrogens is 3. The van der Waals surface area contributed by atoms with Crippen molar-refractivity contribution >= 4 is 0 Å². The summed E-state index contributed by atoms with van der Waals surface area (Å²) >= 11 is 0. The van der Waals surface area contributed by atoms with Crippen LogP contribution in [0.15, 0.2) is 67.3 Å². The van der Waals surface area contributed by atoms with E-state index in [9.17, 15) is 0 Å². The first kappa shape index (κ1) is 20.1. The molecule has 0 aliphatic carbocycles. The molecule has 2 unspecified atom stereocenters. The van der Waals surface area contributed by atoms with Crippen LogP contribution in [0.2, 0.25) is 0 Å². The van der Waals surface area contributed by atoms with Gasteiger partial charge in [0.2, 0.25) is 0 Å². The molecule has 0 amide bonds. The van der Waals surface area contributed by atoms with Crippen molar-refractivity contribution in [2.75, 3.05) is 0 Å². The molecule has 28 heavy (non-hydrogen) atoms. The monoisotopic (exact) mass is 377 g/mol. The second kappa shape index (κ2) is 9.54. The summed E-state index contributed by atoms with van der Waals surface area (Å²) in [5.41, 5.74) is 2.61. The molecule has 0 saturated heterocycles. The van der Waals surface area contributed by atoms with Crippen LogP contribution in [0.3, 0.4) is 0 Å². The highest BCUT2D eigenvalue weighted by molar-refractivity contribution is 5.63. The Kier molecular flexibility index (Phi) is 6.85. The summed E-state index contributed by atoms with van der Waals surface area (Å²) < 4.78 is 8.23. The van der Waals surface area contributed by atoms with Crippen LogP contribution in [0.5, 0.6) is 5.75 Å². The van der Waals surface area contributed by atoms with Crippen LogP contribution in [0, 0.1) is 5.41 Å². The highest BCUT2D eigenvalue weighted by Gasteiger charge is 2.28. The van der Waals surface area contributed by atoms with Gasteiger partial charge in [0, 0.05) is 6.42 Å². The van der Waals surface area contributed by atoms with Gasteiger partial charge in [0.05, 0.1) is 0 Å². The zero-order valence-corrected chi connectivity index (χ0v) is 17.2. The average Bonchev–Trinajstić information content (AvgIpc) is 3.28. The molecule has 0 spiro atoms. The van der Waals surface area contributed by atoms with E-state index in [0.29, 0.717) is 0 Å². The molecule has 0 fully saturated rings. The quantitative estimate of drug-likeness (QED) is 0.404. The lowest BCUT2D eigenvalue weighted by Gasteiger charge is -2.32. The number of benzene rings is 2. The van der Waals surface area contributed by atoms with Crippen LogP contribution in [0.25, 0.3) is 11.1 Å². The van der Waals surface area contributed by atoms with Crippen LogP contribution in [0.4, 0.5) is 0 Å². The molecule has 1 heterocycles. The highest BCUT2D eigenvalue weighted by atomic mass is 16.5. The van der Waals surface area contributed by atoms with Crippen LogP contribution in [0.1, 0.15) is 59.1 Å². The zero-order valence-electron chi connectivity index (χ0n) is 17.2. The third-order valence-electron chi connectivity index (χ3n) is 5.62. The van der Waals surface area contributed by atoms with Crippen LogP contribution in [-0.2, 0) is 0 Å². The van der Waals surface area contributed by atoms with E-state index >= 15 is 0 Å². The molecule has 0 aliphatic rings. The van der Waals surface area contributed by atoms with Gasteiger partial charge < -0.3 is 4.74 Å². The summed E-state index contributed by atoms with van der Waals surface area (Å²) in [6.07, 6.45) is 8.84. The Labute approximate surface area is 168 Å². The van der Waals surface area contributed by atoms with Gasteiger partial charge in [0.1, 0.15) is 18.4 Å². The summed E-state index contributed by atoms with van der Waals surface area (Å²) in [6.45, 7) is 6.87. The maximum absolute atomic E-state index is 6.39. The lowest BCUT2D eigenvalue weighted by molar-refractivity contribution is 0.0530. The predicted octanol–water partition coefficient (Wildman–Crippen LogP) is 6.52. The highest BCUT2D eigenvalue weighted by Crippen LogP contribution is 2.37. The molecule has 4 nitrogen and oxygen atoms in total. The Morgan fingerprint density at radius 2 is 1.71 bits per heavy atom. The fourth-order valence-corrected chi connectivity index (χ4v) is 3.52. The van der Waals surface area contributed by atoms with Gasteiger partial charge in [-0.1, -0.05) is 82.5 Å². The first-order chi connectivity index (χ1) is 13.6. The largest absolute Gasteiger partial charge is 0.469 e. The van der Waals surface area contributed by atoms with Gasteiger partial charge >= 0.3 is 0 Å². The Balaban J connectivity index is 1.76. The van der Waals surface area contributed by atoms with Crippen LogP contribution in [-0.4, -0.2) is 14.8 Å². The van der Waals surface area contributed by atoms with E-state index in [0.717, 1.165) is 18.6 Å². The molecule has 2 atom stereocenters. The van der Waals surface area contributed by atoms with Gasteiger partial charge in [-0.3, -0.25) is 0 Å². The Morgan fingerprint density at radius 1 is 1.00 bits per heavy atom. The zero-order chi connectivity index (χ0) is 19.8. The van der Waals surface area contributed by atoms with E-state index in [1.807, 2.05) is 22.9 Å². The fraction of sp³-hybridized carbons (Fsp3) is 0.417. The molecule has 2 aromatic carbocycles. The molecule has 4 heteroatoms. The van der Waals surface area contributed by atoms with E-state index in [1.165, 1.54) is 30.4 Å². The van der Waals surface area contributed by atoms with Gasteiger partial charge in [-0.15, -0.1) is 0 Å². The molecule has 1 aromatic heterocycles. The van der Waals surface area contributed by atoms with Gasteiger partial charge in [-0.25, -0.2) is 9.67 Å². The molecule has 0 radical (unpaired) electrons. The minimum Gasteiger partial charge on any atom is -0.469 e. The minimum atomic E-state index is -0.160. The van der Waals surface area contributed by atoms with E-state index < -0.39 is 0 Å². The lowest BCUT2D eigenvalue weighted by atomic mass is 9.79. The number of hydrogen-bond donors (Lipinski definition) is 0. The first-order valence-corrected chi connectivity index (χ1v) is 10.3. The summed E-state index contributed by atoms with van der Waals surface area (Å²) in [4.78, 5) is 4.13. The second-order valence-corrected chi connectivity index (χ2v) is 7.81. The van der Waals surface area contributed by atoms with Gasteiger partial charge in [0.25, 0.3) is 0 Å². The van der Waals surface area contributed by atoms with Gasteiger partial charge in [-0.2, -0.15) is 5.10 Å². The molecule has 0 N–H and O–H groups in total. The summed E-state index contributed by atoms with van der Waals surface area (Å²) in [5, 5.41) is 4.36. The number of ether oxygens (including phenoxy) is 1. The van der Waals surface area contributed by atoms with Crippen molar-refractivity contribution in [3.05, 3.63) is 67.3 Å². The van der Waals surface area contributed by atoms with E-state index in [1.54, 1.807) is 12.7 Å². The third-order valence-corrected chi connectivity index (χ3v) is 5.62. The third kappa shape index (κ3) is 5.22. The predicted molar refractivity (Wildman–Crippen MR) is 114 cm³/mol. The smallest absolute Gasteiger partial charge is 0.193 e. The average molecular weight is 378 g/mol. The topological polar surface area (TPSA) is 39.9 Å². The van der Waals surface area contributed by atoms with Crippen LogP contribution >= 0.6 is 0 Å².